The maximum absolute atomic E-state index is 11.8. The van der Waals surface area contributed by atoms with Gasteiger partial charge in [-0.1, -0.05) is 11.6 Å². The van der Waals surface area contributed by atoms with Gasteiger partial charge in [0.15, 0.2) is 0 Å². The molecule has 3 N–H and O–H groups in total. The third kappa shape index (κ3) is 5.00. The van der Waals surface area contributed by atoms with Crippen molar-refractivity contribution in [1.82, 2.24) is 19.9 Å². The molecule has 176 valence electrons. The fourth-order valence-corrected chi connectivity index (χ4v) is 4.95. The van der Waals surface area contributed by atoms with Gasteiger partial charge in [-0.25, -0.2) is 14.8 Å². The van der Waals surface area contributed by atoms with Gasteiger partial charge in [-0.3, -0.25) is 0 Å². The Kier molecular flexibility index (Phi) is 6.38. The quantitative estimate of drug-likeness (QED) is 0.407. The van der Waals surface area contributed by atoms with Crippen molar-refractivity contribution in [3.05, 3.63) is 35.7 Å². The zero-order chi connectivity index (χ0) is 23.8. The van der Waals surface area contributed by atoms with Crippen molar-refractivity contribution in [2.75, 3.05) is 12.4 Å². The van der Waals surface area contributed by atoms with Gasteiger partial charge in [-0.2, -0.15) is 0 Å². The van der Waals surface area contributed by atoms with Crippen molar-refractivity contribution in [3.63, 3.8) is 0 Å². The largest absolute Gasteiger partial charge is 0.495 e. The van der Waals surface area contributed by atoms with Gasteiger partial charge in [0.05, 0.1) is 13.3 Å². The van der Waals surface area contributed by atoms with Crippen molar-refractivity contribution in [3.8, 4) is 16.9 Å². The molecule has 0 saturated heterocycles. The number of nitrogens with one attached hydrogen (secondary N) is 2. The minimum Gasteiger partial charge on any atom is -0.495 e. The first-order chi connectivity index (χ1) is 15.7. The summed E-state index contributed by atoms with van der Waals surface area (Å²) in [5.74, 6) is 1.39. The summed E-state index contributed by atoms with van der Waals surface area (Å²) in [4.78, 5) is 25.5. The van der Waals surface area contributed by atoms with E-state index in [-0.39, 0.29) is 12.1 Å². The van der Waals surface area contributed by atoms with Gasteiger partial charge in [-0.05, 0) is 70.2 Å². The second kappa shape index (κ2) is 9.09. The van der Waals surface area contributed by atoms with Crippen molar-refractivity contribution in [2.45, 2.75) is 64.1 Å². The summed E-state index contributed by atoms with van der Waals surface area (Å²) < 4.78 is 5.32. The van der Waals surface area contributed by atoms with E-state index in [0.29, 0.717) is 16.7 Å². The predicted octanol–water partition coefficient (Wildman–Crippen LogP) is 5.79. The van der Waals surface area contributed by atoms with Crippen LogP contribution in [0.5, 0.6) is 5.75 Å². The molecular formula is C24H30ClN5O3. The lowest BCUT2D eigenvalue weighted by atomic mass is 9.88. The molecule has 1 amide bonds. The van der Waals surface area contributed by atoms with Crippen molar-refractivity contribution < 1.29 is 14.6 Å². The number of fused-ring (bicyclic) bond motifs is 1. The van der Waals surface area contributed by atoms with Crippen molar-refractivity contribution in [1.29, 1.82) is 0 Å². The molecule has 1 fully saturated rings. The van der Waals surface area contributed by atoms with E-state index in [2.05, 4.69) is 20.3 Å². The molecule has 4 rings (SSSR count). The second-order valence-electron chi connectivity index (χ2n) is 9.51. The first-order valence-corrected chi connectivity index (χ1v) is 11.5. The van der Waals surface area contributed by atoms with Gasteiger partial charge in [0.25, 0.3) is 0 Å². The van der Waals surface area contributed by atoms with Crippen LogP contribution >= 0.6 is 11.6 Å². The van der Waals surface area contributed by atoms with Crippen LogP contribution in [0.4, 0.5) is 10.6 Å². The minimum atomic E-state index is -0.857. The first-order valence-electron chi connectivity index (χ1n) is 11.1. The maximum atomic E-state index is 11.8. The third-order valence-corrected chi connectivity index (χ3v) is 6.38. The lowest BCUT2D eigenvalue weighted by Gasteiger charge is -2.42. The molecule has 0 aliphatic heterocycles. The monoisotopic (exact) mass is 471 g/mol. The van der Waals surface area contributed by atoms with Gasteiger partial charge in [-0.15, -0.1) is 0 Å². The first kappa shape index (κ1) is 23.2. The SMILES string of the molecule is COc1cnc2[nH]cc(-c3cc(Cl)nc(N[C@H]4CC[C@H](N(C(=O)O)C(C)(C)C)CC4)c3)c2c1. The highest BCUT2D eigenvalue weighted by molar-refractivity contribution is 6.29. The predicted molar refractivity (Wildman–Crippen MR) is 130 cm³/mol. The van der Waals surface area contributed by atoms with E-state index in [9.17, 15) is 9.90 Å². The highest BCUT2D eigenvalue weighted by Crippen LogP contribution is 2.34. The number of amides is 1. The summed E-state index contributed by atoms with van der Waals surface area (Å²) in [6.07, 6.45) is 6.07. The molecule has 8 nitrogen and oxygen atoms in total. The van der Waals surface area contributed by atoms with Crippen LogP contribution < -0.4 is 10.1 Å². The zero-order valence-corrected chi connectivity index (χ0v) is 20.1. The van der Waals surface area contributed by atoms with Crippen LogP contribution in [0.3, 0.4) is 0 Å². The molecule has 0 bridgehead atoms. The molecule has 3 aromatic heterocycles. The van der Waals surface area contributed by atoms with E-state index in [0.717, 1.165) is 47.8 Å². The van der Waals surface area contributed by atoms with Gasteiger partial charge < -0.3 is 25.0 Å². The summed E-state index contributed by atoms with van der Waals surface area (Å²) in [7, 11) is 1.62. The number of methoxy groups -OCH3 is 1. The smallest absolute Gasteiger partial charge is 0.407 e. The Bertz CT molecular complexity index is 1150. The van der Waals surface area contributed by atoms with Crippen molar-refractivity contribution in [2.24, 2.45) is 0 Å². The lowest BCUT2D eigenvalue weighted by molar-refractivity contribution is 0.0556. The Morgan fingerprint density at radius 2 is 1.97 bits per heavy atom. The summed E-state index contributed by atoms with van der Waals surface area (Å²) >= 11 is 6.37. The number of hydrogen-bond acceptors (Lipinski definition) is 5. The zero-order valence-electron chi connectivity index (χ0n) is 19.4. The fourth-order valence-electron chi connectivity index (χ4n) is 4.74. The Morgan fingerprint density at radius 1 is 1.24 bits per heavy atom. The standard InChI is InChI=1S/C24H30ClN5O3/c1-24(2,3)30(23(31)32)16-7-5-15(6-8-16)28-21-10-14(9-20(25)29-21)19-13-27-22-18(19)11-17(33-4)12-26-22/h9-13,15-16H,5-8H2,1-4H3,(H,26,27)(H,28,29)(H,31,32)/t15-,16-. The van der Waals surface area contributed by atoms with E-state index >= 15 is 0 Å². The fraction of sp³-hybridized carbons (Fsp3) is 0.458. The molecular weight excluding hydrogens is 442 g/mol. The molecule has 9 heteroatoms. The third-order valence-electron chi connectivity index (χ3n) is 6.19. The van der Waals surface area contributed by atoms with Crippen LogP contribution in [-0.4, -0.2) is 55.8 Å². The number of H-pyrrole nitrogens is 1. The number of aromatic nitrogens is 3. The van der Waals surface area contributed by atoms with Crippen LogP contribution in [0.15, 0.2) is 30.6 Å². The summed E-state index contributed by atoms with van der Waals surface area (Å²) in [5.41, 5.74) is 2.25. The Morgan fingerprint density at radius 3 is 2.61 bits per heavy atom. The van der Waals surface area contributed by atoms with Crippen LogP contribution in [0.2, 0.25) is 5.15 Å². The van der Waals surface area contributed by atoms with Gasteiger partial charge >= 0.3 is 6.09 Å². The minimum absolute atomic E-state index is 0.0251. The maximum Gasteiger partial charge on any atom is 0.407 e. The number of nitrogens with zero attached hydrogens (tertiary/aromatic N) is 3. The number of rotatable bonds is 5. The van der Waals surface area contributed by atoms with Gasteiger partial charge in [0.1, 0.15) is 22.4 Å². The normalized spacial score (nSPS) is 18.8. The molecule has 1 aliphatic carbocycles. The summed E-state index contributed by atoms with van der Waals surface area (Å²) in [5, 5.41) is 14.5. The van der Waals surface area contributed by atoms with Gasteiger partial charge in [0, 0.05) is 34.8 Å². The average Bonchev–Trinajstić information content (AvgIpc) is 3.16. The highest BCUT2D eigenvalue weighted by atomic mass is 35.5. The number of halogens is 1. The molecule has 0 radical (unpaired) electrons. The van der Waals surface area contributed by atoms with E-state index in [1.807, 2.05) is 45.2 Å². The molecule has 3 aromatic rings. The number of pyridine rings is 2. The lowest BCUT2D eigenvalue weighted by Crippen LogP contribution is -2.52. The molecule has 3 heterocycles. The Hall–Kier alpha value is -3.00. The van der Waals surface area contributed by atoms with Crippen molar-refractivity contribution >= 4 is 34.5 Å². The molecule has 33 heavy (non-hydrogen) atoms. The number of carboxylic acid groups (broad SMARTS) is 1. The summed E-state index contributed by atoms with van der Waals surface area (Å²) in [6.45, 7) is 5.83. The van der Waals surface area contributed by atoms with E-state index in [4.69, 9.17) is 16.3 Å². The highest BCUT2D eigenvalue weighted by Gasteiger charge is 2.35. The van der Waals surface area contributed by atoms with E-state index in [1.165, 1.54) is 0 Å². The van der Waals surface area contributed by atoms with Crippen LogP contribution in [0.25, 0.3) is 22.2 Å². The number of anilines is 1. The summed E-state index contributed by atoms with van der Waals surface area (Å²) in [6, 6.07) is 6.00. The second-order valence-corrected chi connectivity index (χ2v) is 9.90. The van der Waals surface area contributed by atoms with Crippen LogP contribution in [0.1, 0.15) is 46.5 Å². The number of carbonyl (C=O) groups is 1. The topological polar surface area (TPSA) is 103 Å². The Labute approximate surface area is 198 Å². The van der Waals surface area contributed by atoms with Crippen LogP contribution in [0, 0.1) is 0 Å². The van der Waals surface area contributed by atoms with E-state index in [1.54, 1.807) is 18.2 Å². The number of hydrogen-bond donors (Lipinski definition) is 3. The number of aromatic amines is 1. The number of ether oxygens (including phenoxy) is 1. The Balaban J connectivity index is 1.51. The average molecular weight is 472 g/mol. The molecule has 0 atom stereocenters. The molecule has 0 spiro atoms. The molecule has 1 aliphatic rings. The molecule has 0 aromatic carbocycles. The van der Waals surface area contributed by atoms with E-state index < -0.39 is 11.6 Å². The molecule has 1 saturated carbocycles. The molecule has 0 unspecified atom stereocenters. The van der Waals surface area contributed by atoms with Crippen LogP contribution in [-0.2, 0) is 0 Å². The van der Waals surface area contributed by atoms with Gasteiger partial charge in [0.2, 0.25) is 0 Å².